The van der Waals surface area contributed by atoms with E-state index in [1.807, 2.05) is 6.92 Å². The first-order valence-electron chi connectivity index (χ1n) is 5.60. The lowest BCUT2D eigenvalue weighted by Crippen LogP contribution is -2.13. The minimum atomic E-state index is -0.212. The molecule has 0 saturated heterocycles. The predicted molar refractivity (Wildman–Crippen MR) is 80.0 cm³/mol. The van der Waals surface area contributed by atoms with Gasteiger partial charge in [0.2, 0.25) is 0 Å². The zero-order chi connectivity index (χ0) is 14.0. The van der Waals surface area contributed by atoms with Crippen LogP contribution in [0.1, 0.15) is 15.9 Å². The summed E-state index contributed by atoms with van der Waals surface area (Å²) < 4.78 is 0. The van der Waals surface area contributed by atoms with Crippen molar-refractivity contribution in [1.82, 2.24) is 0 Å². The maximum atomic E-state index is 12.1. The Labute approximate surface area is 121 Å². The summed E-state index contributed by atoms with van der Waals surface area (Å²) >= 11 is 11.7. The van der Waals surface area contributed by atoms with E-state index in [0.29, 0.717) is 27.0 Å². The highest BCUT2D eigenvalue weighted by atomic mass is 35.5. The van der Waals surface area contributed by atoms with Crippen molar-refractivity contribution in [2.75, 3.05) is 11.1 Å². The number of anilines is 2. The Kier molecular flexibility index (Phi) is 3.98. The van der Waals surface area contributed by atoms with Gasteiger partial charge in [0.25, 0.3) is 5.91 Å². The van der Waals surface area contributed by atoms with Crippen LogP contribution in [-0.2, 0) is 0 Å². The number of hydrogen-bond acceptors (Lipinski definition) is 2. The number of halogens is 2. The van der Waals surface area contributed by atoms with E-state index in [9.17, 15) is 4.79 Å². The number of rotatable bonds is 2. The van der Waals surface area contributed by atoms with E-state index in [0.717, 1.165) is 5.56 Å². The van der Waals surface area contributed by atoms with Crippen LogP contribution in [0.25, 0.3) is 0 Å². The molecule has 0 aliphatic carbocycles. The molecule has 0 aliphatic heterocycles. The van der Waals surface area contributed by atoms with Crippen LogP contribution in [0.3, 0.4) is 0 Å². The van der Waals surface area contributed by atoms with Crippen molar-refractivity contribution < 1.29 is 4.79 Å². The van der Waals surface area contributed by atoms with E-state index in [2.05, 4.69) is 5.32 Å². The molecule has 19 heavy (non-hydrogen) atoms. The van der Waals surface area contributed by atoms with Crippen molar-refractivity contribution in [2.24, 2.45) is 0 Å². The number of carbonyl (C=O) groups is 1. The minimum absolute atomic E-state index is 0.212. The molecule has 0 radical (unpaired) electrons. The highest BCUT2D eigenvalue weighted by molar-refractivity contribution is 6.42. The molecule has 3 N–H and O–H groups in total. The maximum absolute atomic E-state index is 12.1. The molecule has 0 fully saturated rings. The number of carbonyl (C=O) groups excluding carboxylic acids is 1. The van der Waals surface area contributed by atoms with Gasteiger partial charge in [-0.15, -0.1) is 0 Å². The molecule has 2 aromatic carbocycles. The number of hydrogen-bond donors (Lipinski definition) is 2. The third kappa shape index (κ3) is 3.19. The maximum Gasteiger partial charge on any atom is 0.255 e. The van der Waals surface area contributed by atoms with Gasteiger partial charge in [-0.2, -0.15) is 0 Å². The zero-order valence-corrected chi connectivity index (χ0v) is 11.7. The van der Waals surface area contributed by atoms with Gasteiger partial charge in [-0.05, 0) is 48.9 Å². The monoisotopic (exact) mass is 294 g/mol. The lowest BCUT2D eigenvalue weighted by Gasteiger charge is -2.09. The standard InChI is InChI=1S/C14H12Cl2N2O/c1-8-6-9(17)2-4-11(8)14(19)18-10-3-5-12(15)13(16)7-10/h2-7H,17H2,1H3,(H,18,19). The molecule has 0 spiro atoms. The SMILES string of the molecule is Cc1cc(N)ccc1C(=O)Nc1ccc(Cl)c(Cl)c1. The molecule has 0 atom stereocenters. The van der Waals surface area contributed by atoms with Gasteiger partial charge in [0.05, 0.1) is 10.0 Å². The third-order valence-electron chi connectivity index (χ3n) is 2.67. The molecule has 0 aliphatic rings. The van der Waals surface area contributed by atoms with Crippen LogP contribution < -0.4 is 11.1 Å². The Morgan fingerprint density at radius 2 is 1.84 bits per heavy atom. The first-order valence-corrected chi connectivity index (χ1v) is 6.35. The van der Waals surface area contributed by atoms with E-state index in [1.54, 1.807) is 36.4 Å². The molecule has 0 heterocycles. The predicted octanol–water partition coefficient (Wildman–Crippen LogP) is 4.14. The summed E-state index contributed by atoms with van der Waals surface area (Å²) in [6.07, 6.45) is 0. The number of nitrogen functional groups attached to an aromatic ring is 1. The fraction of sp³-hybridized carbons (Fsp3) is 0.0714. The number of nitrogens with two attached hydrogens (primary N) is 1. The van der Waals surface area contributed by atoms with Crippen LogP contribution in [0.15, 0.2) is 36.4 Å². The van der Waals surface area contributed by atoms with Crippen molar-refractivity contribution in [3.63, 3.8) is 0 Å². The minimum Gasteiger partial charge on any atom is -0.399 e. The molecule has 0 aromatic heterocycles. The van der Waals surface area contributed by atoms with Crippen molar-refractivity contribution in [3.05, 3.63) is 57.6 Å². The normalized spacial score (nSPS) is 10.3. The van der Waals surface area contributed by atoms with Crippen LogP contribution in [0.2, 0.25) is 10.0 Å². The lowest BCUT2D eigenvalue weighted by atomic mass is 10.1. The average molecular weight is 295 g/mol. The second-order valence-corrected chi connectivity index (χ2v) is 4.97. The molecule has 2 rings (SSSR count). The van der Waals surface area contributed by atoms with Crippen LogP contribution in [-0.4, -0.2) is 5.91 Å². The van der Waals surface area contributed by atoms with Gasteiger partial charge in [0, 0.05) is 16.9 Å². The van der Waals surface area contributed by atoms with Crippen molar-refractivity contribution in [3.8, 4) is 0 Å². The molecule has 5 heteroatoms. The van der Waals surface area contributed by atoms with Gasteiger partial charge in [-0.25, -0.2) is 0 Å². The zero-order valence-electron chi connectivity index (χ0n) is 10.2. The molecule has 1 amide bonds. The largest absolute Gasteiger partial charge is 0.399 e. The van der Waals surface area contributed by atoms with Gasteiger partial charge in [-0.3, -0.25) is 4.79 Å². The smallest absolute Gasteiger partial charge is 0.255 e. The van der Waals surface area contributed by atoms with E-state index in [-0.39, 0.29) is 5.91 Å². The van der Waals surface area contributed by atoms with Crippen molar-refractivity contribution in [2.45, 2.75) is 6.92 Å². The highest BCUT2D eigenvalue weighted by Crippen LogP contribution is 2.25. The summed E-state index contributed by atoms with van der Waals surface area (Å²) in [5.74, 6) is -0.212. The summed E-state index contributed by atoms with van der Waals surface area (Å²) in [5, 5.41) is 3.61. The Balaban J connectivity index is 2.23. The molecule has 0 saturated carbocycles. The molecule has 0 bridgehead atoms. The molecule has 0 unspecified atom stereocenters. The fourth-order valence-corrected chi connectivity index (χ4v) is 2.01. The Morgan fingerprint density at radius 1 is 1.11 bits per heavy atom. The second-order valence-electron chi connectivity index (χ2n) is 4.16. The van der Waals surface area contributed by atoms with Crippen LogP contribution in [0, 0.1) is 6.92 Å². The van der Waals surface area contributed by atoms with Gasteiger partial charge < -0.3 is 11.1 Å². The van der Waals surface area contributed by atoms with E-state index in [1.165, 1.54) is 0 Å². The average Bonchev–Trinajstić information content (AvgIpc) is 2.33. The van der Waals surface area contributed by atoms with Gasteiger partial charge >= 0.3 is 0 Å². The fourth-order valence-electron chi connectivity index (χ4n) is 1.71. The summed E-state index contributed by atoms with van der Waals surface area (Å²) in [4.78, 5) is 12.1. The first-order chi connectivity index (χ1) is 8.97. The second kappa shape index (κ2) is 5.51. The Morgan fingerprint density at radius 3 is 2.47 bits per heavy atom. The molecule has 98 valence electrons. The van der Waals surface area contributed by atoms with Crippen molar-refractivity contribution in [1.29, 1.82) is 0 Å². The first kappa shape index (κ1) is 13.7. The molecule has 3 nitrogen and oxygen atoms in total. The Bertz CT molecular complexity index is 641. The number of nitrogens with one attached hydrogen (secondary N) is 1. The molecule has 2 aromatic rings. The summed E-state index contributed by atoms with van der Waals surface area (Å²) in [6, 6.07) is 10.1. The van der Waals surface area contributed by atoms with Gasteiger partial charge in [0.15, 0.2) is 0 Å². The third-order valence-corrected chi connectivity index (χ3v) is 3.41. The van der Waals surface area contributed by atoms with E-state index in [4.69, 9.17) is 28.9 Å². The topological polar surface area (TPSA) is 55.1 Å². The van der Waals surface area contributed by atoms with E-state index >= 15 is 0 Å². The van der Waals surface area contributed by atoms with Crippen molar-refractivity contribution >= 4 is 40.5 Å². The molecular formula is C14H12Cl2N2O. The van der Waals surface area contributed by atoms with Gasteiger partial charge in [0.1, 0.15) is 0 Å². The summed E-state index contributed by atoms with van der Waals surface area (Å²) in [7, 11) is 0. The van der Waals surface area contributed by atoms with Gasteiger partial charge in [-0.1, -0.05) is 23.2 Å². The Hall–Kier alpha value is -1.71. The number of benzene rings is 2. The summed E-state index contributed by atoms with van der Waals surface area (Å²) in [6.45, 7) is 1.83. The number of aryl methyl sites for hydroxylation is 1. The van der Waals surface area contributed by atoms with Crippen LogP contribution in [0.5, 0.6) is 0 Å². The number of amides is 1. The highest BCUT2D eigenvalue weighted by Gasteiger charge is 2.10. The quantitative estimate of drug-likeness (QED) is 0.818. The lowest BCUT2D eigenvalue weighted by molar-refractivity contribution is 0.102. The summed E-state index contributed by atoms with van der Waals surface area (Å²) in [5.41, 5.74) is 8.26. The van der Waals surface area contributed by atoms with Crippen LogP contribution >= 0.6 is 23.2 Å². The van der Waals surface area contributed by atoms with Crippen LogP contribution in [0.4, 0.5) is 11.4 Å². The molecular weight excluding hydrogens is 283 g/mol. The van der Waals surface area contributed by atoms with E-state index < -0.39 is 0 Å².